The van der Waals surface area contributed by atoms with Crippen molar-refractivity contribution >= 4 is 21.6 Å². The molecule has 0 spiro atoms. The lowest BCUT2D eigenvalue weighted by atomic mass is 9.82. The van der Waals surface area contributed by atoms with E-state index in [0.717, 1.165) is 23.1 Å². The van der Waals surface area contributed by atoms with Gasteiger partial charge in [0.25, 0.3) is 0 Å². The lowest BCUT2D eigenvalue weighted by Gasteiger charge is -2.22. The largest absolute Gasteiger partial charge is 0.326 e. The summed E-state index contributed by atoms with van der Waals surface area (Å²) in [7, 11) is -3.43. The Balaban J connectivity index is 1.43. The van der Waals surface area contributed by atoms with Gasteiger partial charge in [-0.15, -0.1) is 0 Å². The molecule has 4 aliphatic rings. The fraction of sp³-hybridized carbons (Fsp3) is 0.611. The van der Waals surface area contributed by atoms with Crippen molar-refractivity contribution in [3.63, 3.8) is 0 Å². The van der Waals surface area contributed by atoms with Gasteiger partial charge >= 0.3 is 0 Å². The van der Waals surface area contributed by atoms with E-state index in [1.165, 1.54) is 19.3 Å². The van der Waals surface area contributed by atoms with Crippen LogP contribution in [0.3, 0.4) is 0 Å². The van der Waals surface area contributed by atoms with Crippen molar-refractivity contribution < 1.29 is 13.2 Å². The van der Waals surface area contributed by atoms with E-state index in [2.05, 4.69) is 5.32 Å². The van der Waals surface area contributed by atoms with Crippen molar-refractivity contribution in [2.24, 2.45) is 23.7 Å². The molecule has 3 fully saturated rings. The molecule has 1 aromatic carbocycles. The summed E-state index contributed by atoms with van der Waals surface area (Å²) >= 11 is 0. The maximum absolute atomic E-state index is 13.1. The van der Waals surface area contributed by atoms with Crippen molar-refractivity contribution in [3.05, 3.63) is 23.8 Å². The summed E-state index contributed by atoms with van der Waals surface area (Å²) in [4.78, 5) is 11.8. The standard InChI is InChI=1S/C18H22N2O3S/c21-18-6-3-13-8-14(4-5-17(13)19-18)24(22,23)20-9-15-11-1-2-12(7-11)16(15)10-20/h4-5,8,11-12,15-16H,1-3,6-7,9-10H2,(H,19,21)/t11-,12+,15-,16+. The molecular formula is C18H22N2O3S. The van der Waals surface area contributed by atoms with E-state index in [4.69, 9.17) is 0 Å². The van der Waals surface area contributed by atoms with Crippen LogP contribution >= 0.6 is 0 Å². The van der Waals surface area contributed by atoms with Crippen LogP contribution in [0.2, 0.25) is 0 Å². The Morgan fingerprint density at radius 3 is 2.46 bits per heavy atom. The number of carbonyl (C=O) groups is 1. The second-order valence-electron chi connectivity index (χ2n) is 7.85. The van der Waals surface area contributed by atoms with Crippen molar-refractivity contribution in [1.82, 2.24) is 4.31 Å². The Labute approximate surface area is 142 Å². The molecule has 0 radical (unpaired) electrons. The zero-order valence-corrected chi connectivity index (χ0v) is 14.4. The number of rotatable bonds is 2. The number of amides is 1. The van der Waals surface area contributed by atoms with E-state index in [1.807, 2.05) is 0 Å². The number of benzene rings is 1. The smallest absolute Gasteiger partial charge is 0.243 e. The van der Waals surface area contributed by atoms with Gasteiger partial charge in [0.1, 0.15) is 0 Å². The van der Waals surface area contributed by atoms with Gasteiger partial charge in [0.05, 0.1) is 4.90 Å². The first-order chi connectivity index (χ1) is 11.5. The quantitative estimate of drug-likeness (QED) is 0.893. The predicted molar refractivity (Wildman–Crippen MR) is 90.0 cm³/mol. The molecular weight excluding hydrogens is 324 g/mol. The molecule has 2 bridgehead atoms. The Bertz CT molecular complexity index is 802. The molecule has 6 heteroatoms. The molecule has 1 saturated heterocycles. The first-order valence-corrected chi connectivity index (χ1v) is 10.4. The molecule has 128 valence electrons. The predicted octanol–water partition coefficient (Wildman–Crippen LogP) is 2.24. The van der Waals surface area contributed by atoms with Crippen LogP contribution in [0.15, 0.2) is 23.1 Å². The molecule has 0 unspecified atom stereocenters. The molecule has 2 saturated carbocycles. The Kier molecular flexibility index (Phi) is 3.14. The summed E-state index contributed by atoms with van der Waals surface area (Å²) in [6.07, 6.45) is 4.94. The SMILES string of the molecule is O=C1CCc2cc(S(=O)(=O)N3C[C@@H]4[C@@H]5CC[C@@H](C5)[C@@H]4C3)ccc2N1. The van der Waals surface area contributed by atoms with Crippen LogP contribution < -0.4 is 5.32 Å². The highest BCUT2D eigenvalue weighted by molar-refractivity contribution is 7.89. The Morgan fingerprint density at radius 1 is 1.04 bits per heavy atom. The summed E-state index contributed by atoms with van der Waals surface area (Å²) < 4.78 is 27.9. The van der Waals surface area contributed by atoms with Gasteiger partial charge in [0, 0.05) is 25.2 Å². The van der Waals surface area contributed by atoms with E-state index >= 15 is 0 Å². The number of carbonyl (C=O) groups excluding carboxylic acids is 1. The monoisotopic (exact) mass is 346 g/mol. The molecule has 2 aliphatic carbocycles. The first-order valence-electron chi connectivity index (χ1n) is 8.95. The number of nitrogens with one attached hydrogen (secondary N) is 1. The number of aryl methyl sites for hydroxylation is 1. The number of fused-ring (bicyclic) bond motifs is 6. The second kappa shape index (κ2) is 5.05. The Morgan fingerprint density at radius 2 is 1.75 bits per heavy atom. The molecule has 2 heterocycles. The van der Waals surface area contributed by atoms with Crippen molar-refractivity contribution in [1.29, 1.82) is 0 Å². The molecule has 1 aromatic rings. The third-order valence-electron chi connectivity index (χ3n) is 6.71. The molecule has 2 aliphatic heterocycles. The van der Waals surface area contributed by atoms with Crippen LogP contribution in [-0.2, 0) is 21.2 Å². The van der Waals surface area contributed by atoms with Gasteiger partial charge in [-0.25, -0.2) is 8.42 Å². The summed E-state index contributed by atoms with van der Waals surface area (Å²) in [6, 6.07) is 5.13. The number of hydrogen-bond donors (Lipinski definition) is 1. The molecule has 4 atom stereocenters. The zero-order valence-electron chi connectivity index (χ0n) is 13.6. The third-order valence-corrected chi connectivity index (χ3v) is 8.54. The number of anilines is 1. The maximum atomic E-state index is 13.1. The van der Waals surface area contributed by atoms with Crippen LogP contribution in [0.1, 0.15) is 31.2 Å². The molecule has 1 N–H and O–H groups in total. The van der Waals surface area contributed by atoms with E-state index in [9.17, 15) is 13.2 Å². The highest BCUT2D eigenvalue weighted by Gasteiger charge is 2.53. The molecule has 5 rings (SSSR count). The average Bonchev–Trinajstić information content (AvgIpc) is 3.27. The van der Waals surface area contributed by atoms with Gasteiger partial charge in [-0.3, -0.25) is 4.79 Å². The van der Waals surface area contributed by atoms with Crippen molar-refractivity contribution in [3.8, 4) is 0 Å². The summed E-state index contributed by atoms with van der Waals surface area (Å²) in [6.45, 7) is 1.39. The summed E-state index contributed by atoms with van der Waals surface area (Å²) in [5.41, 5.74) is 1.68. The highest BCUT2D eigenvalue weighted by atomic mass is 32.2. The van der Waals surface area contributed by atoms with E-state index < -0.39 is 10.0 Å². The number of nitrogens with zero attached hydrogens (tertiary/aromatic N) is 1. The van der Waals surface area contributed by atoms with Gasteiger partial charge in [-0.05, 0) is 73.1 Å². The lowest BCUT2D eigenvalue weighted by Crippen LogP contribution is -2.30. The van der Waals surface area contributed by atoms with Gasteiger partial charge < -0.3 is 5.32 Å². The van der Waals surface area contributed by atoms with Crippen LogP contribution in [0.5, 0.6) is 0 Å². The third kappa shape index (κ3) is 2.09. The molecule has 5 nitrogen and oxygen atoms in total. The van der Waals surface area contributed by atoms with Gasteiger partial charge in [-0.2, -0.15) is 4.31 Å². The minimum atomic E-state index is -3.43. The molecule has 1 amide bonds. The fourth-order valence-corrected chi connectivity index (χ4v) is 7.08. The number of sulfonamides is 1. The normalized spacial score (nSPS) is 34.9. The van der Waals surface area contributed by atoms with Crippen LogP contribution in [0.25, 0.3) is 0 Å². The van der Waals surface area contributed by atoms with Crippen LogP contribution in [0.4, 0.5) is 5.69 Å². The maximum Gasteiger partial charge on any atom is 0.243 e. The zero-order chi connectivity index (χ0) is 16.5. The first kappa shape index (κ1) is 14.9. The fourth-order valence-electron chi connectivity index (χ4n) is 5.51. The minimum absolute atomic E-state index is 0.000880. The van der Waals surface area contributed by atoms with Gasteiger partial charge in [-0.1, -0.05) is 0 Å². The van der Waals surface area contributed by atoms with E-state index in [0.29, 0.717) is 42.7 Å². The second-order valence-corrected chi connectivity index (χ2v) is 9.79. The van der Waals surface area contributed by atoms with Crippen molar-refractivity contribution in [2.45, 2.75) is 37.0 Å². The number of hydrogen-bond acceptors (Lipinski definition) is 3. The van der Waals surface area contributed by atoms with Gasteiger partial charge in [0.2, 0.25) is 15.9 Å². The molecule has 24 heavy (non-hydrogen) atoms. The average molecular weight is 346 g/mol. The topological polar surface area (TPSA) is 66.5 Å². The van der Waals surface area contributed by atoms with Crippen LogP contribution in [-0.4, -0.2) is 31.7 Å². The highest BCUT2D eigenvalue weighted by Crippen LogP contribution is 2.55. The summed E-state index contributed by atoms with van der Waals surface area (Å²) in [5.74, 6) is 2.66. The van der Waals surface area contributed by atoms with E-state index in [1.54, 1.807) is 22.5 Å². The summed E-state index contributed by atoms with van der Waals surface area (Å²) in [5, 5.41) is 2.81. The lowest BCUT2D eigenvalue weighted by molar-refractivity contribution is -0.116. The van der Waals surface area contributed by atoms with Crippen molar-refractivity contribution in [2.75, 3.05) is 18.4 Å². The van der Waals surface area contributed by atoms with Gasteiger partial charge in [0.15, 0.2) is 0 Å². The minimum Gasteiger partial charge on any atom is -0.326 e. The Hall–Kier alpha value is -1.40. The van der Waals surface area contributed by atoms with E-state index in [-0.39, 0.29) is 5.91 Å². The van der Waals surface area contributed by atoms with Crippen LogP contribution in [0, 0.1) is 23.7 Å². The molecule has 0 aromatic heterocycles.